The van der Waals surface area contributed by atoms with Gasteiger partial charge in [0.1, 0.15) is 5.03 Å². The van der Waals surface area contributed by atoms with Crippen LogP contribution in [-0.4, -0.2) is 22.5 Å². The topological polar surface area (TPSA) is 57.5 Å². The van der Waals surface area contributed by atoms with Crippen LogP contribution in [0.15, 0.2) is 11.1 Å². The summed E-state index contributed by atoms with van der Waals surface area (Å²) in [5, 5.41) is 13.0. The van der Waals surface area contributed by atoms with Crippen LogP contribution in [0.3, 0.4) is 0 Å². The van der Waals surface area contributed by atoms with Gasteiger partial charge in [-0.3, -0.25) is 0 Å². The predicted octanol–water partition coefficient (Wildman–Crippen LogP) is 3.94. The summed E-state index contributed by atoms with van der Waals surface area (Å²) >= 11 is 5.06. The first-order valence-electron chi connectivity index (χ1n) is 4.33. The lowest BCUT2D eigenvalue weighted by molar-refractivity contribution is -0.0848. The van der Waals surface area contributed by atoms with E-state index in [0.29, 0.717) is 0 Å². The molecule has 0 saturated heterocycles. The van der Waals surface area contributed by atoms with E-state index in [9.17, 15) is 13.2 Å². The summed E-state index contributed by atoms with van der Waals surface area (Å²) < 4.78 is 35.7. The van der Waals surface area contributed by atoms with E-state index < -0.39 is 17.4 Å². The Bertz CT molecular complexity index is 293. The summed E-state index contributed by atoms with van der Waals surface area (Å²) in [5.41, 5.74) is 0.00535. The summed E-state index contributed by atoms with van der Waals surface area (Å²) in [7, 11) is 0. The van der Waals surface area contributed by atoms with E-state index in [0.717, 1.165) is 12.5 Å². The average molecular weight is 261 g/mol. The molecule has 0 bridgehead atoms. The molecule has 1 unspecified atom stereocenters. The van der Waals surface area contributed by atoms with Crippen molar-refractivity contribution in [2.75, 3.05) is 0 Å². The van der Waals surface area contributed by atoms with Gasteiger partial charge in [0, 0.05) is 0 Å². The standard InChI is InChI=1S/C8H10ClF3.CH2O3/c1-7(2)4-5(7)3-6(9)8(10,11)12;2-1(3)4/h3,5H,4H2,1-2H3;(H2,2,3,4). The van der Waals surface area contributed by atoms with Crippen LogP contribution in [0.5, 0.6) is 0 Å². The highest BCUT2D eigenvalue weighted by Crippen LogP contribution is 2.53. The zero-order valence-electron chi connectivity index (χ0n) is 8.68. The molecule has 16 heavy (non-hydrogen) atoms. The number of rotatable bonds is 1. The van der Waals surface area contributed by atoms with Crippen molar-refractivity contribution in [3.63, 3.8) is 0 Å². The molecule has 1 atom stereocenters. The molecular weight excluding hydrogens is 249 g/mol. The maximum atomic E-state index is 11.9. The van der Waals surface area contributed by atoms with Gasteiger partial charge in [-0.05, 0) is 17.8 Å². The van der Waals surface area contributed by atoms with Gasteiger partial charge in [0.15, 0.2) is 0 Å². The first kappa shape index (κ1) is 15.1. The zero-order valence-corrected chi connectivity index (χ0v) is 9.43. The van der Waals surface area contributed by atoms with E-state index in [1.807, 2.05) is 13.8 Å². The highest BCUT2D eigenvalue weighted by molar-refractivity contribution is 6.30. The van der Waals surface area contributed by atoms with E-state index >= 15 is 0 Å². The van der Waals surface area contributed by atoms with Crippen LogP contribution in [0.1, 0.15) is 20.3 Å². The van der Waals surface area contributed by atoms with Gasteiger partial charge >= 0.3 is 12.3 Å². The number of alkyl halides is 3. The number of carboxylic acid groups (broad SMARTS) is 2. The van der Waals surface area contributed by atoms with E-state index in [4.69, 9.17) is 26.6 Å². The van der Waals surface area contributed by atoms with Crippen molar-refractivity contribution in [1.29, 1.82) is 0 Å². The van der Waals surface area contributed by atoms with Crippen molar-refractivity contribution in [3.8, 4) is 0 Å². The SMILES string of the molecule is CC1(C)CC1C=C(Cl)C(F)(F)F.O=C(O)O. The van der Waals surface area contributed by atoms with Crippen LogP contribution in [0.25, 0.3) is 0 Å². The van der Waals surface area contributed by atoms with Crippen LogP contribution >= 0.6 is 11.6 Å². The molecule has 1 aliphatic carbocycles. The fourth-order valence-electron chi connectivity index (χ4n) is 1.06. The maximum Gasteiger partial charge on any atom is 0.503 e. The van der Waals surface area contributed by atoms with Crippen LogP contribution < -0.4 is 0 Å². The maximum absolute atomic E-state index is 11.9. The van der Waals surface area contributed by atoms with Crippen molar-refractivity contribution in [3.05, 3.63) is 11.1 Å². The van der Waals surface area contributed by atoms with Gasteiger partial charge in [-0.2, -0.15) is 13.2 Å². The average Bonchev–Trinajstić information content (AvgIpc) is 2.54. The summed E-state index contributed by atoms with van der Waals surface area (Å²) in [6, 6.07) is 0. The first-order valence-corrected chi connectivity index (χ1v) is 4.71. The molecular formula is C9H12ClF3O3. The van der Waals surface area contributed by atoms with E-state index in [2.05, 4.69) is 0 Å². The van der Waals surface area contributed by atoms with Gasteiger partial charge in [-0.25, -0.2) is 4.79 Å². The number of hydrogen-bond acceptors (Lipinski definition) is 1. The number of allylic oxidation sites excluding steroid dienone is 2. The second kappa shape index (κ2) is 4.95. The zero-order chi connectivity index (χ0) is 13.1. The van der Waals surface area contributed by atoms with Gasteiger partial charge in [0.05, 0.1) is 0 Å². The molecule has 1 aliphatic rings. The Balaban J connectivity index is 0.000000487. The van der Waals surface area contributed by atoms with Gasteiger partial charge in [0.25, 0.3) is 0 Å². The van der Waals surface area contributed by atoms with Gasteiger partial charge in [-0.15, -0.1) is 0 Å². The lowest BCUT2D eigenvalue weighted by atomic mass is 10.1. The molecule has 0 radical (unpaired) electrons. The molecule has 0 heterocycles. The molecule has 94 valence electrons. The van der Waals surface area contributed by atoms with Crippen molar-refractivity contribution in [2.24, 2.45) is 11.3 Å². The fraction of sp³-hybridized carbons (Fsp3) is 0.667. The Kier molecular flexibility index (Phi) is 4.67. The minimum atomic E-state index is -4.37. The highest BCUT2D eigenvalue weighted by atomic mass is 35.5. The lowest BCUT2D eigenvalue weighted by Gasteiger charge is -2.04. The lowest BCUT2D eigenvalue weighted by Crippen LogP contribution is -2.07. The molecule has 0 aliphatic heterocycles. The first-order chi connectivity index (χ1) is 6.97. The molecule has 1 saturated carbocycles. The molecule has 1 fully saturated rings. The molecule has 2 N–H and O–H groups in total. The summed E-state index contributed by atoms with van der Waals surface area (Å²) in [6.07, 6.45) is -4.30. The normalized spacial score (nSPS) is 23.1. The van der Waals surface area contributed by atoms with Gasteiger partial charge in [-0.1, -0.05) is 31.5 Å². The van der Waals surface area contributed by atoms with Crippen LogP contribution in [0.2, 0.25) is 0 Å². The van der Waals surface area contributed by atoms with Crippen LogP contribution in [0.4, 0.5) is 18.0 Å². The molecule has 0 aromatic carbocycles. The molecule has 0 spiro atoms. The minimum absolute atomic E-state index is 0.00535. The third-order valence-corrected chi connectivity index (χ3v) is 2.55. The second-order valence-electron chi connectivity index (χ2n) is 4.09. The number of carbonyl (C=O) groups is 1. The van der Waals surface area contributed by atoms with Gasteiger partial charge < -0.3 is 10.2 Å². The Hall–Kier alpha value is -0.910. The number of hydrogen-bond donors (Lipinski definition) is 2. The Morgan fingerprint density at radius 1 is 1.44 bits per heavy atom. The van der Waals surface area contributed by atoms with Crippen molar-refractivity contribution < 1.29 is 28.2 Å². The summed E-state index contributed by atoms with van der Waals surface area (Å²) in [4.78, 5) is 8.56. The van der Waals surface area contributed by atoms with E-state index in [-0.39, 0.29) is 11.3 Å². The predicted molar refractivity (Wildman–Crippen MR) is 52.5 cm³/mol. The molecule has 0 aromatic rings. The molecule has 0 aromatic heterocycles. The third-order valence-electron chi connectivity index (χ3n) is 2.21. The molecule has 7 heteroatoms. The largest absolute Gasteiger partial charge is 0.503 e. The monoisotopic (exact) mass is 260 g/mol. The van der Waals surface area contributed by atoms with Crippen molar-refractivity contribution >= 4 is 17.8 Å². The summed E-state index contributed by atoms with van der Waals surface area (Å²) in [6.45, 7) is 3.85. The number of halogens is 4. The van der Waals surface area contributed by atoms with Crippen molar-refractivity contribution in [1.82, 2.24) is 0 Å². The third kappa shape index (κ3) is 5.85. The van der Waals surface area contributed by atoms with E-state index in [1.54, 1.807) is 0 Å². The highest BCUT2D eigenvalue weighted by Gasteiger charge is 2.46. The van der Waals surface area contributed by atoms with E-state index in [1.165, 1.54) is 0 Å². The molecule has 3 nitrogen and oxygen atoms in total. The Morgan fingerprint density at radius 2 is 1.75 bits per heavy atom. The Morgan fingerprint density at radius 3 is 1.94 bits per heavy atom. The Labute approximate surface area is 95.5 Å². The second-order valence-corrected chi connectivity index (χ2v) is 4.50. The molecule has 0 amide bonds. The van der Waals surface area contributed by atoms with Gasteiger partial charge in [0.2, 0.25) is 0 Å². The fourth-order valence-corrected chi connectivity index (χ4v) is 1.22. The van der Waals surface area contributed by atoms with Crippen LogP contribution in [-0.2, 0) is 0 Å². The van der Waals surface area contributed by atoms with Crippen molar-refractivity contribution in [2.45, 2.75) is 26.4 Å². The molecule has 1 rings (SSSR count). The summed E-state index contributed by atoms with van der Waals surface area (Å²) in [5.74, 6) is -0.00775. The minimum Gasteiger partial charge on any atom is -0.450 e. The smallest absolute Gasteiger partial charge is 0.450 e. The quantitative estimate of drug-likeness (QED) is 0.751. The van der Waals surface area contributed by atoms with Crippen LogP contribution in [0, 0.1) is 11.3 Å².